The molecule has 0 atom stereocenters. The monoisotopic (exact) mass is 487 g/mol. The van der Waals surface area contributed by atoms with Crippen molar-refractivity contribution in [2.24, 2.45) is 5.41 Å². The van der Waals surface area contributed by atoms with E-state index in [1.54, 1.807) is 6.07 Å². The Balaban J connectivity index is 1.88. The Hall–Kier alpha value is -1.62. The zero-order valence-corrected chi connectivity index (χ0v) is 18.9. The number of halogens is 2. The van der Waals surface area contributed by atoms with E-state index in [2.05, 4.69) is 30.6 Å². The summed E-state index contributed by atoms with van der Waals surface area (Å²) in [6.07, 6.45) is 0.893. The Morgan fingerprint density at radius 3 is 2.76 bits per heavy atom. The summed E-state index contributed by atoms with van der Waals surface area (Å²) >= 11 is 4.15. The van der Waals surface area contributed by atoms with Crippen LogP contribution in [0.5, 0.6) is 5.75 Å². The highest BCUT2D eigenvalue weighted by molar-refractivity contribution is 9.10. The fourth-order valence-corrected chi connectivity index (χ4v) is 3.67. The van der Waals surface area contributed by atoms with Gasteiger partial charge in [0, 0.05) is 22.5 Å². The minimum Gasteiger partial charge on any atom is -0.490 e. The van der Waals surface area contributed by atoms with Crippen molar-refractivity contribution < 1.29 is 23.4 Å². The van der Waals surface area contributed by atoms with E-state index < -0.39 is 18.0 Å². The predicted octanol–water partition coefficient (Wildman–Crippen LogP) is 4.94. The van der Waals surface area contributed by atoms with Crippen molar-refractivity contribution in [1.82, 2.24) is 9.36 Å². The van der Waals surface area contributed by atoms with Crippen LogP contribution in [0.1, 0.15) is 55.8 Å². The molecule has 0 spiro atoms. The molecule has 7 nitrogen and oxygen atoms in total. The molecule has 10 heteroatoms. The maximum absolute atomic E-state index is 14.9. The molecule has 1 saturated heterocycles. The molecule has 3 rings (SSSR count). The summed E-state index contributed by atoms with van der Waals surface area (Å²) < 4.78 is 36.5. The van der Waals surface area contributed by atoms with Gasteiger partial charge in [-0.3, -0.25) is 10.1 Å². The molecule has 158 valence electrons. The molecular weight excluding hydrogens is 465 g/mol. The summed E-state index contributed by atoms with van der Waals surface area (Å²) in [5.74, 6) is -1.09. The molecule has 0 unspecified atom stereocenters. The minimum atomic E-state index is -0.808. The Morgan fingerprint density at radius 1 is 1.41 bits per heavy atom. The van der Waals surface area contributed by atoms with Crippen LogP contribution in [-0.4, -0.2) is 35.1 Å². The SMILES string of the molecule is CCCCOc1c(F)cc(C(=O)Nc2nc(Br)ns2)cc1C1OCC(C)(C)CO1. The van der Waals surface area contributed by atoms with Crippen molar-refractivity contribution in [3.05, 3.63) is 33.8 Å². The number of benzene rings is 1. The quantitative estimate of drug-likeness (QED) is 0.556. The van der Waals surface area contributed by atoms with Gasteiger partial charge in [0.15, 0.2) is 17.9 Å². The van der Waals surface area contributed by atoms with E-state index in [1.807, 2.05) is 20.8 Å². The van der Waals surface area contributed by atoms with E-state index in [0.29, 0.717) is 35.2 Å². The number of aromatic nitrogens is 2. The molecule has 1 aromatic carbocycles. The number of carbonyl (C=O) groups is 1. The van der Waals surface area contributed by atoms with E-state index in [0.717, 1.165) is 30.4 Å². The second kappa shape index (κ2) is 9.46. The van der Waals surface area contributed by atoms with E-state index in [9.17, 15) is 9.18 Å². The number of amides is 1. The van der Waals surface area contributed by atoms with Crippen LogP contribution in [-0.2, 0) is 9.47 Å². The highest BCUT2D eigenvalue weighted by atomic mass is 79.9. The number of hydrogen-bond donors (Lipinski definition) is 1. The van der Waals surface area contributed by atoms with Crippen molar-refractivity contribution in [2.75, 3.05) is 25.1 Å². The Kier molecular flexibility index (Phi) is 7.20. The van der Waals surface area contributed by atoms with Gasteiger partial charge in [-0.05, 0) is 34.5 Å². The van der Waals surface area contributed by atoms with Crippen LogP contribution in [0.25, 0.3) is 0 Å². The smallest absolute Gasteiger partial charge is 0.257 e. The lowest BCUT2D eigenvalue weighted by molar-refractivity contribution is -0.226. The van der Waals surface area contributed by atoms with Crippen LogP contribution in [0.2, 0.25) is 0 Å². The molecule has 0 aliphatic carbocycles. The third-order valence-corrected chi connectivity index (χ3v) is 5.43. The summed E-state index contributed by atoms with van der Waals surface area (Å²) in [5.41, 5.74) is 0.335. The molecular formula is C19H23BrFN3O4S. The van der Waals surface area contributed by atoms with Crippen LogP contribution in [0.3, 0.4) is 0 Å². The maximum atomic E-state index is 14.9. The first-order valence-electron chi connectivity index (χ1n) is 9.29. The number of rotatable bonds is 7. The summed E-state index contributed by atoms with van der Waals surface area (Å²) in [6.45, 7) is 7.32. The highest BCUT2D eigenvalue weighted by Gasteiger charge is 2.32. The van der Waals surface area contributed by atoms with Crippen molar-refractivity contribution in [3.8, 4) is 5.75 Å². The van der Waals surface area contributed by atoms with E-state index in [-0.39, 0.29) is 16.7 Å². The molecule has 0 saturated carbocycles. The number of unbranched alkanes of at least 4 members (excludes halogenated alkanes) is 1. The molecule has 1 aromatic heterocycles. The number of nitrogens with one attached hydrogen (secondary N) is 1. The summed E-state index contributed by atoms with van der Waals surface area (Å²) in [4.78, 5) is 16.6. The number of hydrogen-bond acceptors (Lipinski definition) is 7. The van der Waals surface area contributed by atoms with Crippen molar-refractivity contribution in [1.29, 1.82) is 0 Å². The van der Waals surface area contributed by atoms with Crippen molar-refractivity contribution >= 4 is 38.5 Å². The number of carbonyl (C=O) groups excluding carboxylic acids is 1. The van der Waals surface area contributed by atoms with Crippen LogP contribution in [0.4, 0.5) is 9.52 Å². The molecule has 1 aliphatic heterocycles. The molecule has 1 N–H and O–H groups in total. The fourth-order valence-electron chi connectivity index (χ4n) is 2.69. The van der Waals surface area contributed by atoms with Gasteiger partial charge in [-0.15, -0.1) is 0 Å². The zero-order valence-electron chi connectivity index (χ0n) is 16.5. The number of nitrogens with zero attached hydrogens (tertiary/aromatic N) is 2. The average Bonchev–Trinajstić information content (AvgIpc) is 3.07. The lowest BCUT2D eigenvalue weighted by Gasteiger charge is -2.35. The van der Waals surface area contributed by atoms with Crippen LogP contribution in [0, 0.1) is 11.2 Å². The number of anilines is 1. The van der Waals surface area contributed by atoms with Gasteiger partial charge in [0.1, 0.15) is 0 Å². The Bertz CT molecular complexity index is 867. The summed E-state index contributed by atoms with van der Waals surface area (Å²) in [5, 5.41) is 2.91. The van der Waals surface area contributed by atoms with Crippen LogP contribution < -0.4 is 10.1 Å². The summed E-state index contributed by atoms with van der Waals surface area (Å²) in [7, 11) is 0. The molecule has 2 heterocycles. The van der Waals surface area contributed by atoms with E-state index in [4.69, 9.17) is 14.2 Å². The van der Waals surface area contributed by atoms with Gasteiger partial charge in [-0.1, -0.05) is 27.2 Å². The Labute approximate surface area is 181 Å². The minimum absolute atomic E-state index is 0.0540. The molecule has 29 heavy (non-hydrogen) atoms. The molecule has 0 radical (unpaired) electrons. The molecule has 1 fully saturated rings. The second-order valence-electron chi connectivity index (χ2n) is 7.52. The lowest BCUT2D eigenvalue weighted by Crippen LogP contribution is -2.34. The highest BCUT2D eigenvalue weighted by Crippen LogP contribution is 2.37. The van der Waals surface area contributed by atoms with Crippen LogP contribution in [0.15, 0.2) is 16.9 Å². The van der Waals surface area contributed by atoms with E-state index in [1.165, 1.54) is 0 Å². The van der Waals surface area contributed by atoms with Gasteiger partial charge in [-0.2, -0.15) is 9.36 Å². The van der Waals surface area contributed by atoms with Crippen LogP contribution >= 0.6 is 27.5 Å². The first-order valence-corrected chi connectivity index (χ1v) is 10.9. The molecule has 1 aliphatic rings. The summed E-state index contributed by atoms with van der Waals surface area (Å²) in [6, 6.07) is 2.68. The van der Waals surface area contributed by atoms with Crippen molar-refractivity contribution in [2.45, 2.75) is 39.9 Å². The largest absolute Gasteiger partial charge is 0.490 e. The third-order valence-electron chi connectivity index (χ3n) is 4.21. The molecule has 1 amide bonds. The first kappa shape index (κ1) is 22.1. The lowest BCUT2D eigenvalue weighted by atomic mass is 9.95. The normalized spacial score (nSPS) is 16.6. The van der Waals surface area contributed by atoms with Gasteiger partial charge in [-0.25, -0.2) is 4.39 Å². The standard InChI is InChI=1S/C19H23BrFN3O4S/c1-4-5-6-26-14-12(16-27-9-19(2,3)10-28-16)7-11(8-13(14)21)15(25)22-18-23-17(20)24-29-18/h7-8,16H,4-6,9-10H2,1-3H3,(H,22,23,24,25). The maximum Gasteiger partial charge on any atom is 0.257 e. The zero-order chi connectivity index (χ0) is 21.0. The van der Waals surface area contributed by atoms with Gasteiger partial charge >= 0.3 is 0 Å². The van der Waals surface area contributed by atoms with Crippen molar-refractivity contribution in [3.63, 3.8) is 0 Å². The fraction of sp³-hybridized carbons (Fsp3) is 0.526. The Morgan fingerprint density at radius 2 is 2.14 bits per heavy atom. The molecule has 0 bridgehead atoms. The van der Waals surface area contributed by atoms with Gasteiger partial charge in [0.05, 0.1) is 25.4 Å². The first-order chi connectivity index (χ1) is 13.8. The third kappa shape index (κ3) is 5.71. The average molecular weight is 488 g/mol. The van der Waals surface area contributed by atoms with Gasteiger partial charge in [0.2, 0.25) is 9.87 Å². The van der Waals surface area contributed by atoms with Gasteiger partial charge in [0.25, 0.3) is 5.91 Å². The van der Waals surface area contributed by atoms with E-state index >= 15 is 0 Å². The topological polar surface area (TPSA) is 82.6 Å². The second-order valence-corrected chi connectivity index (χ2v) is 8.98. The molecule has 2 aromatic rings. The number of ether oxygens (including phenoxy) is 3. The predicted molar refractivity (Wildman–Crippen MR) is 111 cm³/mol. The van der Waals surface area contributed by atoms with Gasteiger partial charge < -0.3 is 14.2 Å².